The van der Waals surface area contributed by atoms with E-state index in [1.807, 2.05) is 0 Å². The van der Waals surface area contributed by atoms with Gasteiger partial charge < -0.3 is 97.0 Å². The first-order chi connectivity index (χ1) is 42.8. The van der Waals surface area contributed by atoms with Crippen molar-refractivity contribution in [1.29, 1.82) is 0 Å². The Balaban J connectivity index is 0.000000527. The molecular formula is C60H50O31S. The molecule has 1 unspecified atom stereocenters. The van der Waals surface area contributed by atoms with Crippen molar-refractivity contribution in [2.75, 3.05) is 0 Å². The number of hydrogen-bond acceptors (Lipinski definition) is 20. The van der Waals surface area contributed by atoms with Gasteiger partial charge in [-0.15, -0.1) is 12.6 Å². The van der Waals surface area contributed by atoms with Crippen molar-refractivity contribution in [3.63, 3.8) is 0 Å². The molecular weight excluding hydrogens is 1250 g/mol. The van der Waals surface area contributed by atoms with Crippen LogP contribution in [0.15, 0.2) is 180 Å². The quantitative estimate of drug-likeness (QED) is 0.0543. The van der Waals surface area contributed by atoms with Gasteiger partial charge in [0.2, 0.25) is 0 Å². The van der Waals surface area contributed by atoms with Crippen LogP contribution in [0.1, 0.15) is 110 Å². The fourth-order valence-electron chi connectivity index (χ4n) is 6.12. The zero-order valence-corrected chi connectivity index (χ0v) is 47.1. The molecule has 92 heavy (non-hydrogen) atoms. The number of carboxylic acids is 12. The smallest absolute Gasteiger partial charge is 0.340 e. The van der Waals surface area contributed by atoms with Gasteiger partial charge in [-0.05, 0) is 127 Å². The van der Waals surface area contributed by atoms with Crippen LogP contribution >= 0.6 is 12.6 Å². The Kier molecular flexibility index (Phi) is 30.6. The first-order valence-electron chi connectivity index (χ1n) is 24.4. The summed E-state index contributed by atoms with van der Waals surface area (Å²) in [6.45, 7) is 0. The molecule has 1 atom stereocenters. The third-order valence-electron chi connectivity index (χ3n) is 10.6. The molecule has 0 bridgehead atoms. The van der Waals surface area contributed by atoms with Crippen LogP contribution in [0.5, 0.6) is 34.5 Å². The van der Waals surface area contributed by atoms with Crippen molar-refractivity contribution in [2.45, 2.75) is 16.9 Å². The highest BCUT2D eigenvalue weighted by Crippen LogP contribution is 2.24. The Morgan fingerprint density at radius 1 is 0.315 bits per heavy atom. The number of rotatable bonds is 12. The Morgan fingerprint density at radius 2 is 0.717 bits per heavy atom. The van der Waals surface area contributed by atoms with Gasteiger partial charge in [0, 0.05) is 16.9 Å². The van der Waals surface area contributed by atoms with Crippen molar-refractivity contribution in [3.8, 4) is 34.5 Å². The van der Waals surface area contributed by atoms with E-state index in [-0.39, 0.29) is 78.6 Å². The van der Waals surface area contributed by atoms with Crippen molar-refractivity contribution in [2.24, 2.45) is 0 Å². The molecule has 0 heterocycles. The number of phenols is 6. The zero-order chi connectivity index (χ0) is 70.3. The van der Waals surface area contributed by atoms with Crippen LogP contribution in [0, 0.1) is 0 Å². The van der Waals surface area contributed by atoms with Crippen LogP contribution in [0.3, 0.4) is 0 Å². The molecule has 31 nitrogen and oxygen atoms in total. The molecule has 0 spiro atoms. The number of carbonyl (C=O) groups is 12. The van der Waals surface area contributed by atoms with Crippen molar-refractivity contribution in [3.05, 3.63) is 231 Å². The average Bonchev–Trinajstić information content (AvgIpc) is 1.97. The number of allylic oxidation sites excluding steroid dienone is 2. The summed E-state index contributed by atoms with van der Waals surface area (Å²) >= 11 is 3.96. The normalized spacial score (nSPS) is 11.8. The molecule has 32 heteroatoms. The van der Waals surface area contributed by atoms with Crippen LogP contribution in [-0.2, 0) is 9.59 Å². The van der Waals surface area contributed by atoms with Crippen molar-refractivity contribution >= 4 is 84.3 Å². The van der Waals surface area contributed by atoms with E-state index in [1.54, 1.807) is 30.3 Å². The summed E-state index contributed by atoms with van der Waals surface area (Å²) in [6, 6.07) is 32.3. The number of aromatic carboxylic acids is 10. The highest BCUT2D eigenvalue weighted by atomic mass is 32.1. The molecule has 0 aliphatic heterocycles. The highest BCUT2D eigenvalue weighted by Gasteiger charge is 2.37. The monoisotopic (exact) mass is 1300 g/mol. The molecule has 0 saturated heterocycles. The fraction of sp³-hybridized carbons (Fsp3) is 0.0333. The maximum absolute atomic E-state index is 10.5. The maximum atomic E-state index is 10.5. The first-order valence-corrected chi connectivity index (χ1v) is 24.8. The van der Waals surface area contributed by atoms with Gasteiger partial charge in [-0.25, -0.2) is 57.5 Å². The molecule has 19 N–H and O–H groups in total. The summed E-state index contributed by atoms with van der Waals surface area (Å²) in [5, 5.41) is 165. The first kappa shape index (κ1) is 76.8. The standard InChI is InChI=1S/3C8H6O5.C8H8O5.3C7H6O3.C7H6O2S/c9-6-2-4(7(10)11)1-5(3-6)8(12)13;9-6-2-1-4(7(10)11)3-5(6)8(12)13;9-6-3-4(7(10)11)1-2-5(6)8(12)13;9-6(10)5-2-1-3-8(13,4-5)7(11)12;8-6-3-1-5(2-4-6)7(9)10;8-6-3-1-2-5(4-6)7(9)10;8-6-4-2-1-3-5(6)7(9)10;8-7(9)5-3-1-2-4-6(5)10/h3*1-3,9H,(H,10,11)(H,12,13);1-3,13H,4H2,(H,9,10)(H,11,12);3*1-4,8H,(H,9,10);1-4,10H,(H,8,9). The zero-order valence-electron chi connectivity index (χ0n) is 46.2. The van der Waals surface area contributed by atoms with Crippen LogP contribution in [0.4, 0.5) is 0 Å². The molecule has 0 radical (unpaired) electrons. The molecule has 1 aliphatic carbocycles. The van der Waals surface area contributed by atoms with Crippen molar-refractivity contribution < 1.29 is 155 Å². The lowest BCUT2D eigenvalue weighted by atomic mass is 9.90. The van der Waals surface area contributed by atoms with Gasteiger partial charge in [0.05, 0.1) is 38.9 Å². The topological polar surface area (TPSA) is 589 Å². The number of thiol groups is 1. The minimum absolute atomic E-state index is 0.0279. The number of aliphatic hydroxyl groups is 1. The van der Waals surface area contributed by atoms with Crippen LogP contribution in [0.2, 0.25) is 0 Å². The highest BCUT2D eigenvalue weighted by molar-refractivity contribution is 7.80. The SMILES string of the molecule is O=C(O)C1=CC=CC(O)(C(=O)O)C1.O=C(O)c1cc(O)cc(C(=O)O)c1.O=C(O)c1ccc(C(=O)O)c(O)c1.O=C(O)c1ccc(O)c(C(=O)O)c1.O=C(O)c1ccc(O)cc1.O=C(O)c1cccc(O)c1.O=C(O)c1ccccc1O.O=C(O)c1ccccc1S. The minimum Gasteiger partial charge on any atom is -0.508 e. The number of para-hydroxylation sites is 1. The second-order valence-electron chi connectivity index (χ2n) is 17.2. The second kappa shape index (κ2) is 36.7. The fourth-order valence-corrected chi connectivity index (χ4v) is 6.38. The number of phenolic OH excluding ortho intramolecular Hbond substituents is 3. The van der Waals surface area contributed by atoms with E-state index in [4.69, 9.17) is 91.9 Å². The number of carboxylic acid groups (broad SMARTS) is 12. The summed E-state index contributed by atoms with van der Waals surface area (Å²) in [4.78, 5) is 125. The van der Waals surface area contributed by atoms with E-state index in [9.17, 15) is 62.6 Å². The third-order valence-corrected chi connectivity index (χ3v) is 11.0. The van der Waals surface area contributed by atoms with Gasteiger partial charge in [0.15, 0.2) is 5.60 Å². The Labute approximate surface area is 519 Å². The van der Waals surface area contributed by atoms with Crippen LogP contribution < -0.4 is 0 Å². The summed E-state index contributed by atoms with van der Waals surface area (Å²) in [6.07, 6.45) is 3.14. The molecule has 482 valence electrons. The number of aromatic hydroxyl groups is 6. The molecule has 8 rings (SSSR count). The van der Waals surface area contributed by atoms with Crippen LogP contribution in [-0.4, -0.2) is 174 Å². The van der Waals surface area contributed by atoms with E-state index in [2.05, 4.69) is 12.6 Å². The van der Waals surface area contributed by atoms with Gasteiger partial charge in [-0.1, -0.05) is 42.5 Å². The predicted molar refractivity (Wildman–Crippen MR) is 314 cm³/mol. The van der Waals surface area contributed by atoms with E-state index in [1.165, 1.54) is 78.9 Å². The lowest BCUT2D eigenvalue weighted by Crippen LogP contribution is -2.38. The molecule has 7 aromatic carbocycles. The van der Waals surface area contributed by atoms with E-state index in [0.717, 1.165) is 60.7 Å². The number of aliphatic carboxylic acids is 2. The van der Waals surface area contributed by atoms with Gasteiger partial charge in [0.25, 0.3) is 0 Å². The summed E-state index contributed by atoms with van der Waals surface area (Å²) in [5.41, 5.74) is -3.31. The molecule has 0 amide bonds. The number of benzene rings is 7. The van der Waals surface area contributed by atoms with Gasteiger partial charge in [-0.3, -0.25) is 0 Å². The Morgan fingerprint density at radius 3 is 1.11 bits per heavy atom. The Hall–Kier alpha value is -13.2. The molecule has 7 aromatic rings. The molecule has 1 aliphatic rings. The predicted octanol–water partition coefficient (Wildman–Crippen LogP) is 7.08. The lowest BCUT2D eigenvalue weighted by molar-refractivity contribution is -0.153. The summed E-state index contributed by atoms with van der Waals surface area (Å²) in [7, 11) is 0. The van der Waals surface area contributed by atoms with Gasteiger partial charge in [-0.2, -0.15) is 0 Å². The Bertz CT molecular complexity index is 3860. The van der Waals surface area contributed by atoms with Gasteiger partial charge >= 0.3 is 71.6 Å². The maximum Gasteiger partial charge on any atom is 0.340 e. The molecule has 0 aromatic heterocycles. The van der Waals surface area contributed by atoms with Gasteiger partial charge in [0.1, 0.15) is 51.2 Å². The average molecular weight is 1300 g/mol. The largest absolute Gasteiger partial charge is 0.508 e. The van der Waals surface area contributed by atoms with E-state index >= 15 is 0 Å². The molecule has 0 saturated carbocycles. The lowest BCUT2D eigenvalue weighted by Gasteiger charge is -2.21. The number of hydrogen-bond donors (Lipinski definition) is 20. The third kappa shape index (κ3) is 26.6. The second-order valence-corrected chi connectivity index (χ2v) is 17.7. The van der Waals surface area contributed by atoms with E-state index in [0.29, 0.717) is 4.90 Å². The summed E-state index contributed by atoms with van der Waals surface area (Å²) < 4.78 is 0. The molecule has 0 fully saturated rings. The van der Waals surface area contributed by atoms with Crippen LogP contribution in [0.25, 0.3) is 0 Å². The van der Waals surface area contributed by atoms with Crippen molar-refractivity contribution in [1.82, 2.24) is 0 Å². The minimum atomic E-state index is -2.08. The van der Waals surface area contributed by atoms with E-state index < -0.39 is 101 Å². The summed E-state index contributed by atoms with van der Waals surface area (Å²) in [5.74, 6) is -15.9.